The van der Waals surface area contributed by atoms with E-state index >= 15 is 0 Å². The van der Waals surface area contributed by atoms with Crippen LogP contribution in [0, 0.1) is 5.92 Å². The highest BCUT2D eigenvalue weighted by molar-refractivity contribution is 5.94. The van der Waals surface area contributed by atoms with Gasteiger partial charge < -0.3 is 0 Å². The predicted molar refractivity (Wildman–Crippen MR) is 57.1 cm³/mol. The predicted octanol–water partition coefficient (Wildman–Crippen LogP) is 0.419. The van der Waals surface area contributed by atoms with Crippen LogP contribution in [0.15, 0.2) is 17.5 Å². The number of nitrogens with zero attached hydrogens (tertiary/aromatic N) is 3. The van der Waals surface area contributed by atoms with Crippen molar-refractivity contribution in [3.05, 3.63) is 18.1 Å². The normalized spacial score (nSPS) is 17.9. The Labute approximate surface area is 92.7 Å². The number of hydrogen-bond donors (Lipinski definition) is 1. The number of aliphatic imine (C=N–C) groups is 1. The Hall–Kier alpha value is -1.82. The van der Waals surface area contributed by atoms with Gasteiger partial charge in [0.15, 0.2) is 5.82 Å². The Morgan fingerprint density at radius 1 is 1.69 bits per heavy atom. The maximum Gasteiger partial charge on any atom is 0.252 e. The second-order valence-electron chi connectivity index (χ2n) is 3.36. The third-order valence-corrected chi connectivity index (χ3v) is 2.23. The van der Waals surface area contributed by atoms with Crippen molar-refractivity contribution in [3.63, 3.8) is 0 Å². The Kier molecular flexibility index (Phi) is 3.21. The molecule has 1 aliphatic heterocycles. The van der Waals surface area contributed by atoms with Crippen LogP contribution in [0.4, 0.5) is 5.82 Å². The first kappa shape index (κ1) is 10.7. The van der Waals surface area contributed by atoms with Crippen molar-refractivity contribution >= 4 is 17.9 Å². The summed E-state index contributed by atoms with van der Waals surface area (Å²) < 4.78 is 0. The molecule has 1 aliphatic rings. The summed E-state index contributed by atoms with van der Waals surface area (Å²) in [6.45, 7) is 2.24. The Morgan fingerprint density at radius 3 is 3.38 bits per heavy atom. The second-order valence-corrected chi connectivity index (χ2v) is 3.36. The van der Waals surface area contributed by atoms with Gasteiger partial charge in [0.2, 0.25) is 0 Å². The molecule has 0 saturated carbocycles. The Bertz CT molecular complexity index is 419. The number of amides is 1. The summed E-state index contributed by atoms with van der Waals surface area (Å²) in [5, 5.41) is 0. The van der Waals surface area contributed by atoms with E-state index in [1.807, 2.05) is 0 Å². The highest BCUT2D eigenvalue weighted by Gasteiger charge is 2.22. The maximum atomic E-state index is 11.6. The first-order valence-corrected chi connectivity index (χ1v) is 5.06. The molecule has 84 valence electrons. The quantitative estimate of drug-likeness (QED) is 0.749. The molecule has 1 unspecified atom stereocenters. The van der Waals surface area contributed by atoms with Gasteiger partial charge in [0, 0.05) is 18.0 Å². The minimum atomic E-state index is -0.315. The van der Waals surface area contributed by atoms with E-state index in [1.165, 1.54) is 6.33 Å². The van der Waals surface area contributed by atoms with Crippen molar-refractivity contribution in [2.24, 2.45) is 10.9 Å². The van der Waals surface area contributed by atoms with E-state index in [0.717, 1.165) is 5.56 Å². The Balaban J connectivity index is 2.05. The Morgan fingerprint density at radius 2 is 2.56 bits per heavy atom. The summed E-state index contributed by atoms with van der Waals surface area (Å²) in [5.74, 6) is 0.126. The zero-order valence-electron chi connectivity index (χ0n) is 8.88. The van der Waals surface area contributed by atoms with Gasteiger partial charge >= 0.3 is 0 Å². The van der Waals surface area contributed by atoms with Crippen LogP contribution in [0.2, 0.25) is 0 Å². The molecule has 0 bridgehead atoms. The fourth-order valence-electron chi connectivity index (χ4n) is 1.44. The highest BCUT2D eigenvalue weighted by atomic mass is 16.6. The topological polar surface area (TPSA) is 76.5 Å². The van der Waals surface area contributed by atoms with Gasteiger partial charge in [0.1, 0.15) is 6.33 Å². The fraction of sp³-hybridized carbons (Fsp3) is 0.400. The summed E-state index contributed by atoms with van der Waals surface area (Å²) in [5.41, 5.74) is 3.24. The van der Waals surface area contributed by atoms with Crippen LogP contribution >= 0.6 is 0 Å². The fourth-order valence-corrected chi connectivity index (χ4v) is 1.44. The molecular weight excluding hydrogens is 208 g/mol. The minimum absolute atomic E-state index is 0.194. The van der Waals surface area contributed by atoms with E-state index in [4.69, 9.17) is 4.84 Å². The lowest BCUT2D eigenvalue weighted by Crippen LogP contribution is -2.33. The van der Waals surface area contributed by atoms with Crippen molar-refractivity contribution in [1.29, 1.82) is 0 Å². The van der Waals surface area contributed by atoms with Gasteiger partial charge in [0.05, 0.1) is 12.5 Å². The molecule has 1 aromatic rings. The second kappa shape index (κ2) is 4.80. The third-order valence-electron chi connectivity index (χ3n) is 2.23. The van der Waals surface area contributed by atoms with E-state index in [-0.39, 0.29) is 11.8 Å². The summed E-state index contributed by atoms with van der Waals surface area (Å²) >= 11 is 0. The monoisotopic (exact) mass is 220 g/mol. The number of aromatic nitrogens is 2. The van der Waals surface area contributed by atoms with Crippen molar-refractivity contribution in [1.82, 2.24) is 15.4 Å². The molecule has 0 saturated heterocycles. The first-order valence-electron chi connectivity index (χ1n) is 5.06. The molecule has 0 fully saturated rings. The van der Waals surface area contributed by atoms with Crippen molar-refractivity contribution < 1.29 is 9.63 Å². The van der Waals surface area contributed by atoms with Crippen LogP contribution in [0.1, 0.15) is 12.5 Å². The number of fused-ring (bicyclic) bond motifs is 1. The maximum absolute atomic E-state index is 11.6. The van der Waals surface area contributed by atoms with Gasteiger partial charge in [-0.05, 0) is 13.3 Å². The van der Waals surface area contributed by atoms with E-state index in [9.17, 15) is 4.79 Å². The van der Waals surface area contributed by atoms with Crippen LogP contribution in [0.3, 0.4) is 0 Å². The summed E-state index contributed by atoms with van der Waals surface area (Å²) in [7, 11) is 0. The zero-order chi connectivity index (χ0) is 11.4. The molecule has 0 aliphatic carbocycles. The lowest BCUT2D eigenvalue weighted by atomic mass is 9.99. The average Bonchev–Trinajstić information content (AvgIpc) is 2.35. The van der Waals surface area contributed by atoms with Crippen LogP contribution < -0.4 is 5.48 Å². The molecule has 1 N–H and O–H groups in total. The van der Waals surface area contributed by atoms with E-state index in [1.54, 1.807) is 19.3 Å². The minimum Gasteiger partial charge on any atom is -0.274 e. The molecule has 0 spiro atoms. The van der Waals surface area contributed by atoms with E-state index in [2.05, 4.69) is 20.4 Å². The number of nitrogens with one attached hydrogen (secondary N) is 1. The zero-order valence-corrected chi connectivity index (χ0v) is 8.88. The van der Waals surface area contributed by atoms with Gasteiger partial charge in [-0.1, -0.05) is 0 Å². The lowest BCUT2D eigenvalue weighted by Gasteiger charge is -2.16. The van der Waals surface area contributed by atoms with Gasteiger partial charge in [-0.3, -0.25) is 9.63 Å². The summed E-state index contributed by atoms with van der Waals surface area (Å²) in [4.78, 5) is 28.5. The van der Waals surface area contributed by atoms with Gasteiger partial charge in [-0.25, -0.2) is 20.4 Å². The van der Waals surface area contributed by atoms with Gasteiger partial charge in [-0.15, -0.1) is 0 Å². The van der Waals surface area contributed by atoms with Crippen molar-refractivity contribution in [2.75, 3.05) is 6.61 Å². The molecule has 0 aromatic carbocycles. The van der Waals surface area contributed by atoms with Gasteiger partial charge in [0.25, 0.3) is 5.91 Å². The molecule has 1 aromatic heterocycles. The highest BCUT2D eigenvalue weighted by Crippen LogP contribution is 2.22. The lowest BCUT2D eigenvalue weighted by molar-refractivity contribution is -0.135. The van der Waals surface area contributed by atoms with E-state index < -0.39 is 0 Å². The summed E-state index contributed by atoms with van der Waals surface area (Å²) in [6.07, 6.45) is 5.26. The van der Waals surface area contributed by atoms with E-state index in [0.29, 0.717) is 18.8 Å². The van der Waals surface area contributed by atoms with Crippen LogP contribution in [0.25, 0.3) is 0 Å². The largest absolute Gasteiger partial charge is 0.274 e. The standard InChI is InChI=1S/C10H12N4O2/c1-2-16-14-10(15)8-3-7-4-11-6-13-9(7)12-5-8/h4-6,8H,2-3H2,1H3,(H,14,15). The average molecular weight is 220 g/mol. The van der Waals surface area contributed by atoms with Crippen LogP contribution in [-0.2, 0) is 16.1 Å². The smallest absolute Gasteiger partial charge is 0.252 e. The van der Waals surface area contributed by atoms with Crippen LogP contribution in [-0.4, -0.2) is 28.7 Å². The number of hydroxylamine groups is 1. The number of carbonyl (C=O) groups is 1. The third kappa shape index (κ3) is 2.22. The molecule has 6 nitrogen and oxygen atoms in total. The molecule has 0 radical (unpaired) electrons. The molecule has 2 rings (SSSR count). The number of carbonyl (C=O) groups excluding carboxylic acids is 1. The SMILES string of the molecule is CCONC(=O)C1C=Nc2ncncc2C1. The first-order chi connectivity index (χ1) is 7.81. The number of rotatable bonds is 3. The number of hydrogen-bond acceptors (Lipinski definition) is 5. The van der Waals surface area contributed by atoms with Crippen LogP contribution in [0.5, 0.6) is 0 Å². The molecule has 1 atom stereocenters. The molecule has 16 heavy (non-hydrogen) atoms. The molecule has 6 heteroatoms. The molecular formula is C10H12N4O2. The molecule has 2 heterocycles. The van der Waals surface area contributed by atoms with Gasteiger partial charge in [-0.2, -0.15) is 0 Å². The summed E-state index contributed by atoms with van der Waals surface area (Å²) in [6, 6.07) is 0. The molecule has 1 amide bonds. The van der Waals surface area contributed by atoms with Crippen molar-refractivity contribution in [2.45, 2.75) is 13.3 Å². The van der Waals surface area contributed by atoms with Crippen molar-refractivity contribution in [3.8, 4) is 0 Å².